The van der Waals surface area contributed by atoms with E-state index in [9.17, 15) is 13.2 Å². The molecule has 1 aliphatic heterocycles. The molecule has 1 unspecified atom stereocenters. The Hall–Kier alpha value is -1.01. The van der Waals surface area contributed by atoms with Crippen molar-refractivity contribution in [1.82, 2.24) is 5.32 Å². The Bertz CT molecular complexity index is 552. The van der Waals surface area contributed by atoms with Crippen LogP contribution in [0.15, 0.2) is 29.2 Å². The summed E-state index contributed by atoms with van der Waals surface area (Å²) < 4.78 is 23.0. The molecule has 4 nitrogen and oxygen atoms in total. The number of carbonyl (C=O) groups excluding carboxylic acids is 1. The number of rotatable bonds is 3. The third-order valence-corrected chi connectivity index (χ3v) is 5.25. The first kappa shape index (κ1) is 14.4. The highest BCUT2D eigenvalue weighted by Crippen LogP contribution is 2.13. The van der Waals surface area contributed by atoms with Gasteiger partial charge in [0.15, 0.2) is 9.84 Å². The lowest BCUT2D eigenvalue weighted by molar-refractivity contribution is -0.121. The van der Waals surface area contributed by atoms with E-state index in [2.05, 4.69) is 17.9 Å². The summed E-state index contributed by atoms with van der Waals surface area (Å²) in [5.41, 5.74) is 0.897. The van der Waals surface area contributed by atoms with Crippen LogP contribution in [0, 0.1) is 0 Å². The molecule has 1 amide bonds. The van der Waals surface area contributed by atoms with Crippen LogP contribution in [-0.2, 0) is 21.1 Å². The number of benzene rings is 1. The van der Waals surface area contributed by atoms with Gasteiger partial charge in [-0.3, -0.25) is 4.79 Å². The fraction of sp³-hybridized carbons (Fsp3) is 0.462. The summed E-state index contributed by atoms with van der Waals surface area (Å²) in [6.45, 7) is 0. The molecule has 1 aromatic rings. The first-order chi connectivity index (χ1) is 8.94. The highest BCUT2D eigenvalue weighted by Gasteiger charge is 2.25. The summed E-state index contributed by atoms with van der Waals surface area (Å²) in [7, 11) is -2.98. The van der Waals surface area contributed by atoms with Crippen LogP contribution in [0.3, 0.4) is 0 Å². The number of amides is 1. The minimum atomic E-state index is -2.98. The standard InChI is InChI=1S/C13H17NO3S2/c15-13(8-10-3-5-12(18)6-4-10)14-11-2-1-7-19(16,17)9-11/h3-6,11,18H,1-2,7-9H2,(H,14,15). The van der Waals surface area contributed by atoms with Gasteiger partial charge in [-0.25, -0.2) is 8.42 Å². The first-order valence-electron chi connectivity index (χ1n) is 6.22. The van der Waals surface area contributed by atoms with Gasteiger partial charge in [-0.2, -0.15) is 0 Å². The third kappa shape index (κ3) is 4.54. The van der Waals surface area contributed by atoms with Crippen LogP contribution in [0.5, 0.6) is 0 Å². The molecule has 0 saturated carbocycles. The lowest BCUT2D eigenvalue weighted by Gasteiger charge is -2.23. The Morgan fingerprint density at radius 1 is 1.32 bits per heavy atom. The number of nitrogens with one attached hydrogen (secondary N) is 1. The maximum Gasteiger partial charge on any atom is 0.224 e. The number of thiol groups is 1. The van der Waals surface area contributed by atoms with E-state index in [0.29, 0.717) is 6.42 Å². The number of hydrogen-bond donors (Lipinski definition) is 2. The van der Waals surface area contributed by atoms with Gasteiger partial charge in [0.2, 0.25) is 5.91 Å². The average Bonchev–Trinajstić information content (AvgIpc) is 2.30. The van der Waals surface area contributed by atoms with Gasteiger partial charge in [0, 0.05) is 10.9 Å². The number of hydrogen-bond acceptors (Lipinski definition) is 4. The van der Waals surface area contributed by atoms with Gasteiger partial charge in [0.05, 0.1) is 17.9 Å². The summed E-state index contributed by atoms with van der Waals surface area (Å²) in [4.78, 5) is 12.7. The van der Waals surface area contributed by atoms with Crippen LogP contribution >= 0.6 is 12.6 Å². The Labute approximate surface area is 118 Å². The van der Waals surface area contributed by atoms with Crippen molar-refractivity contribution in [3.05, 3.63) is 29.8 Å². The lowest BCUT2D eigenvalue weighted by Crippen LogP contribution is -2.43. The van der Waals surface area contributed by atoms with Crippen molar-refractivity contribution in [2.75, 3.05) is 11.5 Å². The van der Waals surface area contributed by atoms with Crippen molar-refractivity contribution in [3.8, 4) is 0 Å². The van der Waals surface area contributed by atoms with E-state index < -0.39 is 9.84 Å². The molecule has 1 fully saturated rings. The second kappa shape index (κ2) is 5.96. The van der Waals surface area contributed by atoms with E-state index in [4.69, 9.17) is 0 Å². The Morgan fingerprint density at radius 2 is 2.00 bits per heavy atom. The predicted octanol–water partition coefficient (Wildman–Crippen LogP) is 1.21. The summed E-state index contributed by atoms with van der Waals surface area (Å²) >= 11 is 4.18. The Balaban J connectivity index is 1.89. The molecule has 0 aromatic heterocycles. The van der Waals surface area contributed by atoms with Gasteiger partial charge >= 0.3 is 0 Å². The minimum absolute atomic E-state index is 0.0638. The van der Waals surface area contributed by atoms with Crippen LogP contribution in [0.1, 0.15) is 18.4 Å². The molecule has 0 aliphatic carbocycles. The maximum absolute atomic E-state index is 11.9. The molecular weight excluding hydrogens is 282 g/mol. The van der Waals surface area contributed by atoms with Crippen LogP contribution in [0.25, 0.3) is 0 Å². The van der Waals surface area contributed by atoms with Crippen molar-refractivity contribution in [2.45, 2.75) is 30.2 Å². The summed E-state index contributed by atoms with van der Waals surface area (Å²) in [5, 5.41) is 2.80. The first-order valence-corrected chi connectivity index (χ1v) is 8.49. The third-order valence-electron chi connectivity index (χ3n) is 3.13. The van der Waals surface area contributed by atoms with E-state index >= 15 is 0 Å². The average molecular weight is 299 g/mol. The molecule has 0 spiro atoms. The van der Waals surface area contributed by atoms with Crippen molar-refractivity contribution in [3.63, 3.8) is 0 Å². The SMILES string of the molecule is O=C(Cc1ccc(S)cc1)NC1CCCS(=O)(=O)C1. The molecule has 1 atom stereocenters. The van der Waals surface area contributed by atoms with Gasteiger partial charge in [-0.05, 0) is 30.5 Å². The van der Waals surface area contributed by atoms with Crippen LogP contribution in [0.2, 0.25) is 0 Å². The minimum Gasteiger partial charge on any atom is -0.352 e. The van der Waals surface area contributed by atoms with E-state index in [0.717, 1.165) is 16.9 Å². The molecule has 1 saturated heterocycles. The number of sulfone groups is 1. The highest BCUT2D eigenvalue weighted by atomic mass is 32.2. The summed E-state index contributed by atoms with van der Waals surface area (Å²) in [5.74, 6) is 0.172. The van der Waals surface area contributed by atoms with Gasteiger partial charge in [0.25, 0.3) is 0 Å². The smallest absolute Gasteiger partial charge is 0.224 e. The summed E-state index contributed by atoms with van der Waals surface area (Å²) in [6.07, 6.45) is 1.63. The van der Waals surface area contributed by atoms with Crippen LogP contribution < -0.4 is 5.32 Å². The van der Waals surface area contributed by atoms with Gasteiger partial charge in [0.1, 0.15) is 0 Å². The van der Waals surface area contributed by atoms with Crippen molar-refractivity contribution in [2.24, 2.45) is 0 Å². The maximum atomic E-state index is 11.9. The van der Waals surface area contributed by atoms with Gasteiger partial charge in [-0.15, -0.1) is 12.6 Å². The van der Waals surface area contributed by atoms with Crippen molar-refractivity contribution >= 4 is 28.4 Å². The normalized spacial score (nSPS) is 21.8. The molecule has 2 rings (SSSR count). The van der Waals surface area contributed by atoms with E-state index in [1.54, 1.807) is 0 Å². The van der Waals surface area contributed by atoms with Crippen LogP contribution in [-0.4, -0.2) is 31.9 Å². The van der Waals surface area contributed by atoms with Crippen molar-refractivity contribution < 1.29 is 13.2 Å². The molecule has 1 heterocycles. The molecule has 104 valence electrons. The largest absolute Gasteiger partial charge is 0.352 e. The molecule has 6 heteroatoms. The monoisotopic (exact) mass is 299 g/mol. The molecule has 1 aliphatic rings. The Kier molecular flexibility index (Phi) is 4.52. The second-order valence-electron chi connectivity index (χ2n) is 4.86. The van der Waals surface area contributed by atoms with Crippen LogP contribution in [0.4, 0.5) is 0 Å². The quantitative estimate of drug-likeness (QED) is 0.825. The zero-order valence-electron chi connectivity index (χ0n) is 10.5. The van der Waals surface area contributed by atoms with E-state index in [-0.39, 0.29) is 29.9 Å². The van der Waals surface area contributed by atoms with Crippen molar-refractivity contribution in [1.29, 1.82) is 0 Å². The fourth-order valence-corrected chi connectivity index (χ4v) is 4.00. The summed E-state index contributed by atoms with van der Waals surface area (Å²) in [6, 6.07) is 7.11. The lowest BCUT2D eigenvalue weighted by atomic mass is 10.1. The molecular formula is C13H17NO3S2. The predicted molar refractivity (Wildman–Crippen MR) is 77.2 cm³/mol. The zero-order valence-corrected chi connectivity index (χ0v) is 12.2. The van der Waals surface area contributed by atoms with Gasteiger partial charge < -0.3 is 5.32 Å². The van der Waals surface area contributed by atoms with E-state index in [1.165, 1.54) is 0 Å². The highest BCUT2D eigenvalue weighted by molar-refractivity contribution is 7.91. The second-order valence-corrected chi connectivity index (χ2v) is 7.61. The number of carbonyl (C=O) groups is 1. The molecule has 1 N–H and O–H groups in total. The topological polar surface area (TPSA) is 63.2 Å². The molecule has 0 radical (unpaired) electrons. The Morgan fingerprint density at radius 3 is 2.63 bits per heavy atom. The fourth-order valence-electron chi connectivity index (χ4n) is 2.21. The zero-order chi connectivity index (χ0) is 13.9. The molecule has 1 aromatic carbocycles. The molecule has 0 bridgehead atoms. The van der Waals surface area contributed by atoms with E-state index in [1.807, 2.05) is 24.3 Å². The molecule has 19 heavy (non-hydrogen) atoms. The van der Waals surface area contributed by atoms with Gasteiger partial charge in [-0.1, -0.05) is 12.1 Å².